The molecule has 76 valence electrons. The van der Waals surface area contributed by atoms with E-state index in [1.54, 1.807) is 6.07 Å². The second-order valence-electron chi connectivity index (χ2n) is 3.30. The number of nitro groups is 1. The molecule has 2 unspecified atom stereocenters. The van der Waals surface area contributed by atoms with Gasteiger partial charge in [0.1, 0.15) is 0 Å². The Bertz CT molecular complexity index is 356. The van der Waals surface area contributed by atoms with Gasteiger partial charge in [-0.05, 0) is 12.0 Å². The first-order valence-electron chi connectivity index (χ1n) is 4.17. The molecule has 4 nitrogen and oxygen atoms in total. The van der Waals surface area contributed by atoms with Crippen molar-refractivity contribution in [3.05, 3.63) is 45.5 Å². The number of halogens is 1. The Morgan fingerprint density at radius 2 is 2.07 bits per heavy atom. The van der Waals surface area contributed by atoms with E-state index in [2.05, 4.69) is 0 Å². The topological polar surface area (TPSA) is 69.2 Å². The number of fused-ring (bicyclic) bond motifs is 1. The van der Waals surface area contributed by atoms with E-state index in [4.69, 9.17) is 5.73 Å². The maximum atomic E-state index is 10.7. The van der Waals surface area contributed by atoms with Crippen LogP contribution in [0.1, 0.15) is 17.2 Å². The standard InChI is InChI=1S/C9H10N2O2.ClH/c10-8-5-6-3-1-2-4-7(6)9(8)11(12)13;/h1-4,8-9H,5,10H2;1H. The van der Waals surface area contributed by atoms with Crippen molar-refractivity contribution in [2.75, 3.05) is 0 Å². The molecule has 1 aromatic carbocycles. The molecular weight excluding hydrogens is 204 g/mol. The lowest BCUT2D eigenvalue weighted by atomic mass is 10.1. The maximum Gasteiger partial charge on any atom is 0.253 e. The average molecular weight is 215 g/mol. The van der Waals surface area contributed by atoms with Crippen molar-refractivity contribution in [3.63, 3.8) is 0 Å². The van der Waals surface area contributed by atoms with Gasteiger partial charge in [0.05, 0.1) is 6.04 Å². The van der Waals surface area contributed by atoms with Crippen molar-refractivity contribution in [1.82, 2.24) is 0 Å². The van der Waals surface area contributed by atoms with Gasteiger partial charge in [0.25, 0.3) is 6.04 Å². The van der Waals surface area contributed by atoms with Gasteiger partial charge in [0.15, 0.2) is 0 Å². The Hall–Kier alpha value is -1.13. The minimum atomic E-state index is -0.712. The summed E-state index contributed by atoms with van der Waals surface area (Å²) in [6, 6.07) is 6.30. The second kappa shape index (κ2) is 3.94. The van der Waals surface area contributed by atoms with Crippen LogP contribution in [0.25, 0.3) is 0 Å². The fourth-order valence-electron chi connectivity index (χ4n) is 1.87. The van der Waals surface area contributed by atoms with E-state index in [0.29, 0.717) is 6.42 Å². The van der Waals surface area contributed by atoms with Crippen LogP contribution >= 0.6 is 12.4 Å². The van der Waals surface area contributed by atoms with Crippen molar-refractivity contribution in [2.24, 2.45) is 5.73 Å². The van der Waals surface area contributed by atoms with E-state index in [1.807, 2.05) is 18.2 Å². The van der Waals surface area contributed by atoms with Crippen molar-refractivity contribution < 1.29 is 4.92 Å². The van der Waals surface area contributed by atoms with Gasteiger partial charge in [-0.2, -0.15) is 0 Å². The Morgan fingerprint density at radius 3 is 2.71 bits per heavy atom. The van der Waals surface area contributed by atoms with Crippen LogP contribution in [0, 0.1) is 10.1 Å². The third-order valence-electron chi connectivity index (χ3n) is 2.46. The molecule has 0 aliphatic heterocycles. The van der Waals surface area contributed by atoms with Gasteiger partial charge < -0.3 is 5.73 Å². The number of benzene rings is 1. The highest BCUT2D eigenvalue weighted by Crippen LogP contribution is 2.32. The monoisotopic (exact) mass is 214 g/mol. The lowest BCUT2D eigenvalue weighted by Gasteiger charge is -2.06. The Kier molecular flexibility index (Phi) is 3.08. The van der Waals surface area contributed by atoms with Crippen LogP contribution in [0.5, 0.6) is 0 Å². The predicted octanol–water partition coefficient (Wildman–Crippen LogP) is 1.31. The zero-order valence-electron chi connectivity index (χ0n) is 7.42. The Morgan fingerprint density at radius 1 is 1.43 bits per heavy atom. The number of nitrogens with two attached hydrogens (primary N) is 1. The van der Waals surface area contributed by atoms with Gasteiger partial charge in [0.2, 0.25) is 0 Å². The lowest BCUT2D eigenvalue weighted by molar-refractivity contribution is -0.530. The molecular formula is C9H11ClN2O2. The van der Waals surface area contributed by atoms with Crippen LogP contribution in [0.4, 0.5) is 0 Å². The minimum absolute atomic E-state index is 0. The quantitative estimate of drug-likeness (QED) is 0.566. The van der Waals surface area contributed by atoms with Gasteiger partial charge in [-0.1, -0.05) is 24.3 Å². The van der Waals surface area contributed by atoms with E-state index < -0.39 is 6.04 Å². The summed E-state index contributed by atoms with van der Waals surface area (Å²) < 4.78 is 0. The first kappa shape index (κ1) is 10.9. The summed E-state index contributed by atoms with van der Waals surface area (Å²) in [6.45, 7) is 0. The molecule has 0 bridgehead atoms. The van der Waals surface area contributed by atoms with Crippen molar-refractivity contribution in [1.29, 1.82) is 0 Å². The SMILES string of the molecule is Cl.NC1Cc2ccccc2C1[N+](=O)[O-]. The van der Waals surface area contributed by atoms with Crippen LogP contribution < -0.4 is 5.73 Å². The molecule has 0 spiro atoms. The molecule has 1 aliphatic rings. The first-order valence-corrected chi connectivity index (χ1v) is 4.17. The van der Waals surface area contributed by atoms with Gasteiger partial charge in [-0.25, -0.2) is 0 Å². The molecule has 0 fully saturated rings. The molecule has 0 saturated carbocycles. The van der Waals surface area contributed by atoms with E-state index in [1.165, 1.54) is 0 Å². The van der Waals surface area contributed by atoms with Crippen molar-refractivity contribution in [3.8, 4) is 0 Å². The number of hydrogen-bond donors (Lipinski definition) is 1. The minimum Gasteiger partial charge on any atom is -0.321 e. The summed E-state index contributed by atoms with van der Waals surface area (Å²) >= 11 is 0. The molecule has 0 radical (unpaired) electrons. The van der Waals surface area contributed by atoms with Crippen LogP contribution in [-0.2, 0) is 6.42 Å². The summed E-state index contributed by atoms with van der Waals surface area (Å²) in [6.07, 6.45) is 0.613. The predicted molar refractivity (Wildman–Crippen MR) is 55.1 cm³/mol. The van der Waals surface area contributed by atoms with E-state index in [9.17, 15) is 10.1 Å². The fraction of sp³-hybridized carbons (Fsp3) is 0.333. The summed E-state index contributed by atoms with van der Waals surface area (Å²) in [5, 5.41) is 10.7. The molecule has 0 saturated heterocycles. The van der Waals surface area contributed by atoms with Gasteiger partial charge in [-0.15, -0.1) is 12.4 Å². The van der Waals surface area contributed by atoms with Crippen LogP contribution in [0.15, 0.2) is 24.3 Å². The lowest BCUT2D eigenvalue weighted by Crippen LogP contribution is -2.29. The number of nitrogens with zero attached hydrogens (tertiary/aromatic N) is 1. The van der Waals surface area contributed by atoms with Crippen LogP contribution in [-0.4, -0.2) is 11.0 Å². The van der Waals surface area contributed by atoms with E-state index in [-0.39, 0.29) is 23.4 Å². The highest BCUT2D eigenvalue weighted by atomic mass is 35.5. The van der Waals surface area contributed by atoms with E-state index >= 15 is 0 Å². The zero-order chi connectivity index (χ0) is 9.42. The normalized spacial score (nSPS) is 23.8. The number of hydrogen-bond acceptors (Lipinski definition) is 3. The molecule has 2 rings (SSSR count). The third-order valence-corrected chi connectivity index (χ3v) is 2.46. The second-order valence-corrected chi connectivity index (χ2v) is 3.30. The smallest absolute Gasteiger partial charge is 0.253 e. The molecule has 2 atom stereocenters. The largest absolute Gasteiger partial charge is 0.321 e. The fourth-order valence-corrected chi connectivity index (χ4v) is 1.87. The molecule has 0 heterocycles. The Balaban J connectivity index is 0.000000980. The highest BCUT2D eigenvalue weighted by Gasteiger charge is 2.38. The molecule has 1 aliphatic carbocycles. The Labute approximate surface area is 87.7 Å². The zero-order valence-corrected chi connectivity index (χ0v) is 8.24. The maximum absolute atomic E-state index is 10.7. The summed E-state index contributed by atoms with van der Waals surface area (Å²) in [5.41, 5.74) is 7.48. The molecule has 0 amide bonds. The molecule has 1 aromatic rings. The molecule has 5 heteroatoms. The highest BCUT2D eigenvalue weighted by molar-refractivity contribution is 5.85. The third kappa shape index (κ3) is 1.58. The van der Waals surface area contributed by atoms with Crippen molar-refractivity contribution in [2.45, 2.75) is 18.5 Å². The summed E-state index contributed by atoms with van der Waals surface area (Å²) in [7, 11) is 0. The molecule has 0 aromatic heterocycles. The van der Waals surface area contributed by atoms with Crippen LogP contribution in [0.3, 0.4) is 0 Å². The number of rotatable bonds is 1. The summed E-state index contributed by atoms with van der Waals surface area (Å²) in [5.74, 6) is 0. The van der Waals surface area contributed by atoms with Crippen molar-refractivity contribution >= 4 is 12.4 Å². The van der Waals surface area contributed by atoms with Gasteiger partial charge in [-0.3, -0.25) is 10.1 Å². The van der Waals surface area contributed by atoms with Gasteiger partial charge in [0, 0.05) is 10.5 Å². The molecule has 2 N–H and O–H groups in total. The molecule has 14 heavy (non-hydrogen) atoms. The van der Waals surface area contributed by atoms with E-state index in [0.717, 1.165) is 11.1 Å². The average Bonchev–Trinajstić information content (AvgIpc) is 2.39. The van der Waals surface area contributed by atoms with Gasteiger partial charge >= 0.3 is 0 Å². The van der Waals surface area contributed by atoms with Crippen LogP contribution in [0.2, 0.25) is 0 Å². The summed E-state index contributed by atoms with van der Waals surface area (Å²) in [4.78, 5) is 10.4. The first-order chi connectivity index (χ1) is 6.20.